The predicted molar refractivity (Wildman–Crippen MR) is 64.2 cm³/mol. The number of halogens is 1. The predicted octanol–water partition coefficient (Wildman–Crippen LogP) is 4.04. The van der Waals surface area contributed by atoms with Gasteiger partial charge in [0.1, 0.15) is 0 Å². The minimum Gasteiger partial charge on any atom is -0.479 e. The standard InChI is InChI=1S/C13H25FO2/c1-7-11(3,4)9-13(14,10(15)16)12(5,6)8-2/h7-9H2,1-6H3,(H,15,16). The first kappa shape index (κ1) is 15.4. The van der Waals surface area contributed by atoms with Crippen LogP contribution in [0.2, 0.25) is 0 Å². The molecule has 0 aliphatic carbocycles. The Hall–Kier alpha value is -0.600. The topological polar surface area (TPSA) is 37.3 Å². The van der Waals surface area contributed by atoms with Gasteiger partial charge >= 0.3 is 5.97 Å². The summed E-state index contributed by atoms with van der Waals surface area (Å²) >= 11 is 0. The fourth-order valence-corrected chi connectivity index (χ4v) is 1.67. The van der Waals surface area contributed by atoms with E-state index in [4.69, 9.17) is 0 Å². The molecule has 0 aliphatic rings. The maximum absolute atomic E-state index is 14.8. The zero-order valence-electron chi connectivity index (χ0n) is 11.4. The van der Waals surface area contributed by atoms with E-state index < -0.39 is 17.1 Å². The zero-order chi connectivity index (χ0) is 13.2. The fraction of sp³-hybridized carbons (Fsp3) is 0.923. The van der Waals surface area contributed by atoms with Crippen LogP contribution in [0.1, 0.15) is 60.8 Å². The number of hydrogen-bond donors (Lipinski definition) is 1. The molecule has 0 aromatic carbocycles. The highest BCUT2D eigenvalue weighted by atomic mass is 19.1. The van der Waals surface area contributed by atoms with Crippen LogP contribution in [0.5, 0.6) is 0 Å². The van der Waals surface area contributed by atoms with E-state index in [9.17, 15) is 14.3 Å². The van der Waals surface area contributed by atoms with E-state index in [-0.39, 0.29) is 11.8 Å². The van der Waals surface area contributed by atoms with Gasteiger partial charge in [0.15, 0.2) is 0 Å². The summed E-state index contributed by atoms with van der Waals surface area (Å²) in [5, 5.41) is 9.18. The Labute approximate surface area is 98.2 Å². The second-order valence-corrected chi connectivity index (χ2v) is 6.04. The average Bonchev–Trinajstić information content (AvgIpc) is 2.16. The van der Waals surface area contributed by atoms with Gasteiger partial charge in [-0.3, -0.25) is 0 Å². The lowest BCUT2D eigenvalue weighted by atomic mass is 9.66. The van der Waals surface area contributed by atoms with Crippen LogP contribution in [-0.4, -0.2) is 16.7 Å². The highest BCUT2D eigenvalue weighted by Crippen LogP contribution is 2.46. The molecule has 16 heavy (non-hydrogen) atoms. The minimum absolute atomic E-state index is 0.0622. The molecule has 0 bridgehead atoms. The van der Waals surface area contributed by atoms with Crippen LogP contribution < -0.4 is 0 Å². The monoisotopic (exact) mass is 232 g/mol. The van der Waals surface area contributed by atoms with Gasteiger partial charge in [-0.05, 0) is 18.3 Å². The molecule has 1 unspecified atom stereocenters. The summed E-state index contributed by atoms with van der Waals surface area (Å²) in [7, 11) is 0. The smallest absolute Gasteiger partial charge is 0.342 e. The molecule has 0 fully saturated rings. The van der Waals surface area contributed by atoms with E-state index in [0.717, 1.165) is 6.42 Å². The van der Waals surface area contributed by atoms with Gasteiger partial charge in [0.2, 0.25) is 5.67 Å². The molecule has 0 aliphatic heterocycles. The van der Waals surface area contributed by atoms with E-state index >= 15 is 0 Å². The summed E-state index contributed by atoms with van der Waals surface area (Å²) in [6.07, 6.45) is 1.34. The third kappa shape index (κ3) is 2.96. The highest BCUT2D eigenvalue weighted by molar-refractivity contribution is 5.78. The molecular weight excluding hydrogens is 207 g/mol. The van der Waals surface area contributed by atoms with E-state index in [1.807, 2.05) is 27.7 Å². The Morgan fingerprint density at radius 2 is 1.56 bits per heavy atom. The first-order chi connectivity index (χ1) is 7.02. The van der Waals surface area contributed by atoms with Crippen molar-refractivity contribution in [3.63, 3.8) is 0 Å². The summed E-state index contributed by atoms with van der Waals surface area (Å²) in [6, 6.07) is 0. The van der Waals surface area contributed by atoms with Gasteiger partial charge in [0.05, 0.1) is 0 Å². The quantitative estimate of drug-likeness (QED) is 0.750. The number of carboxylic acid groups (broad SMARTS) is 1. The Bertz CT molecular complexity index is 259. The molecule has 1 N–H and O–H groups in total. The van der Waals surface area contributed by atoms with Gasteiger partial charge in [-0.2, -0.15) is 0 Å². The molecule has 3 heteroatoms. The molecule has 0 spiro atoms. The summed E-state index contributed by atoms with van der Waals surface area (Å²) in [4.78, 5) is 11.2. The number of aliphatic carboxylic acids is 1. The molecule has 0 amide bonds. The Morgan fingerprint density at radius 1 is 1.12 bits per heavy atom. The number of rotatable bonds is 6. The fourth-order valence-electron chi connectivity index (χ4n) is 1.67. The molecule has 0 rings (SSSR count). The molecule has 0 aromatic heterocycles. The minimum atomic E-state index is -2.15. The normalized spacial score (nSPS) is 16.9. The SMILES string of the molecule is CCC(C)(C)CC(F)(C(=O)O)C(C)(C)CC. The summed E-state index contributed by atoms with van der Waals surface area (Å²) in [6.45, 7) is 11.0. The van der Waals surface area contributed by atoms with Crippen molar-refractivity contribution in [2.24, 2.45) is 10.8 Å². The highest BCUT2D eigenvalue weighted by Gasteiger charge is 2.53. The van der Waals surface area contributed by atoms with Gasteiger partial charge in [-0.15, -0.1) is 0 Å². The molecular formula is C13H25FO2. The van der Waals surface area contributed by atoms with Crippen molar-refractivity contribution >= 4 is 5.97 Å². The van der Waals surface area contributed by atoms with Crippen LogP contribution in [0.15, 0.2) is 0 Å². The van der Waals surface area contributed by atoms with Crippen molar-refractivity contribution < 1.29 is 14.3 Å². The second-order valence-electron chi connectivity index (χ2n) is 6.04. The molecule has 0 radical (unpaired) electrons. The molecule has 2 nitrogen and oxygen atoms in total. The van der Waals surface area contributed by atoms with Crippen molar-refractivity contribution in [2.45, 2.75) is 66.5 Å². The molecule has 1 atom stereocenters. The molecule has 0 saturated carbocycles. The van der Waals surface area contributed by atoms with Gasteiger partial charge < -0.3 is 5.11 Å². The summed E-state index contributed by atoms with van der Waals surface area (Å²) in [5.41, 5.74) is -3.29. The van der Waals surface area contributed by atoms with Gasteiger partial charge in [0, 0.05) is 5.41 Å². The van der Waals surface area contributed by atoms with Crippen LogP contribution in [0.4, 0.5) is 4.39 Å². The number of carbonyl (C=O) groups is 1. The van der Waals surface area contributed by atoms with Crippen molar-refractivity contribution in [1.29, 1.82) is 0 Å². The molecule has 0 aromatic rings. The van der Waals surface area contributed by atoms with Crippen LogP contribution >= 0.6 is 0 Å². The van der Waals surface area contributed by atoms with E-state index in [1.54, 1.807) is 13.8 Å². The maximum Gasteiger partial charge on any atom is 0.342 e. The van der Waals surface area contributed by atoms with Crippen LogP contribution in [0.3, 0.4) is 0 Å². The average molecular weight is 232 g/mol. The summed E-state index contributed by atoms with van der Waals surface area (Å²) in [5.74, 6) is -1.33. The lowest BCUT2D eigenvalue weighted by Crippen LogP contribution is -2.50. The number of hydrogen-bond acceptors (Lipinski definition) is 1. The Kier molecular flexibility index (Phi) is 4.55. The molecule has 0 heterocycles. The van der Waals surface area contributed by atoms with Crippen molar-refractivity contribution in [2.75, 3.05) is 0 Å². The van der Waals surface area contributed by atoms with Crippen LogP contribution in [-0.2, 0) is 4.79 Å². The third-order valence-electron chi connectivity index (χ3n) is 3.97. The first-order valence-electron chi connectivity index (χ1n) is 5.95. The van der Waals surface area contributed by atoms with Crippen molar-refractivity contribution in [3.05, 3.63) is 0 Å². The van der Waals surface area contributed by atoms with Crippen molar-refractivity contribution in [3.8, 4) is 0 Å². The van der Waals surface area contributed by atoms with Crippen molar-refractivity contribution in [1.82, 2.24) is 0 Å². The Morgan fingerprint density at radius 3 is 1.81 bits per heavy atom. The second kappa shape index (κ2) is 4.72. The molecule has 0 saturated heterocycles. The van der Waals surface area contributed by atoms with Crippen LogP contribution in [0.25, 0.3) is 0 Å². The van der Waals surface area contributed by atoms with Gasteiger partial charge in [0.25, 0.3) is 0 Å². The first-order valence-corrected chi connectivity index (χ1v) is 5.95. The van der Waals surface area contributed by atoms with E-state index in [1.165, 1.54) is 0 Å². The van der Waals surface area contributed by atoms with E-state index in [2.05, 4.69) is 0 Å². The van der Waals surface area contributed by atoms with Crippen LogP contribution in [0, 0.1) is 10.8 Å². The lowest BCUT2D eigenvalue weighted by Gasteiger charge is -2.41. The third-order valence-corrected chi connectivity index (χ3v) is 3.97. The van der Waals surface area contributed by atoms with Gasteiger partial charge in [-0.1, -0.05) is 48.0 Å². The summed E-state index contributed by atoms with van der Waals surface area (Å²) < 4.78 is 14.8. The van der Waals surface area contributed by atoms with E-state index in [0.29, 0.717) is 6.42 Å². The largest absolute Gasteiger partial charge is 0.479 e. The number of alkyl halides is 1. The zero-order valence-corrected chi connectivity index (χ0v) is 11.4. The number of carboxylic acids is 1. The lowest BCUT2D eigenvalue weighted by molar-refractivity contribution is -0.164. The Balaban J connectivity index is 5.23. The molecule has 96 valence electrons. The maximum atomic E-state index is 14.8. The van der Waals surface area contributed by atoms with Gasteiger partial charge in [-0.25, -0.2) is 9.18 Å².